The van der Waals surface area contributed by atoms with Gasteiger partial charge in [0.05, 0.1) is 24.4 Å². The van der Waals surface area contributed by atoms with Crippen LogP contribution in [0.15, 0.2) is 11.1 Å². The van der Waals surface area contributed by atoms with Crippen LogP contribution in [0.2, 0.25) is 0 Å². The summed E-state index contributed by atoms with van der Waals surface area (Å²) >= 11 is 0. The molecule has 0 bridgehead atoms. The molecular weight excluding hydrogens is 332 g/mol. The van der Waals surface area contributed by atoms with Gasteiger partial charge in [0, 0.05) is 13.1 Å². The summed E-state index contributed by atoms with van der Waals surface area (Å²) in [5.41, 5.74) is 0.00329. The van der Waals surface area contributed by atoms with Gasteiger partial charge >= 0.3 is 12.5 Å². The number of carbonyl (C=O) groups excluding carboxylic acids is 1. The molecule has 1 aliphatic rings. The van der Waals surface area contributed by atoms with Crippen LogP contribution >= 0.6 is 0 Å². The Balaban J connectivity index is 2.23. The standard InChI is InChI=1S/C13H19F2N3O4S/c1-3-22-12(19)10-5-4-6-17(7-10)23(20,21)11-8-18(13(14)15)16-9(11)2/h8,10,13H,3-7H2,1-2H3/t10-/m0/s1. The monoisotopic (exact) mass is 351 g/mol. The molecule has 0 unspecified atom stereocenters. The van der Waals surface area contributed by atoms with Crippen LogP contribution < -0.4 is 0 Å². The number of aryl methyl sites for hydroxylation is 1. The smallest absolute Gasteiger partial charge is 0.333 e. The van der Waals surface area contributed by atoms with E-state index in [-0.39, 0.29) is 30.3 Å². The summed E-state index contributed by atoms with van der Waals surface area (Å²) in [5, 5.41) is 3.52. The number of hydrogen-bond donors (Lipinski definition) is 0. The highest BCUT2D eigenvalue weighted by Gasteiger charge is 2.35. The molecule has 10 heteroatoms. The lowest BCUT2D eigenvalue weighted by Gasteiger charge is -2.30. The maximum absolute atomic E-state index is 12.7. The number of nitrogens with zero attached hydrogens (tertiary/aromatic N) is 3. The zero-order valence-corrected chi connectivity index (χ0v) is 13.7. The minimum atomic E-state index is -3.98. The fourth-order valence-corrected chi connectivity index (χ4v) is 4.25. The fraction of sp³-hybridized carbons (Fsp3) is 0.692. The molecule has 0 spiro atoms. The summed E-state index contributed by atoms with van der Waals surface area (Å²) in [6.45, 7) is 0.572. The van der Waals surface area contributed by atoms with E-state index < -0.39 is 28.5 Å². The van der Waals surface area contributed by atoms with E-state index in [0.717, 1.165) is 10.5 Å². The van der Waals surface area contributed by atoms with E-state index >= 15 is 0 Å². The van der Waals surface area contributed by atoms with Gasteiger partial charge in [-0.05, 0) is 26.7 Å². The molecule has 0 aromatic carbocycles. The van der Waals surface area contributed by atoms with Crippen molar-refractivity contribution in [2.24, 2.45) is 5.92 Å². The van der Waals surface area contributed by atoms with Crippen LogP contribution in [0.4, 0.5) is 8.78 Å². The highest BCUT2D eigenvalue weighted by atomic mass is 32.2. The van der Waals surface area contributed by atoms with Crippen LogP contribution in [0.25, 0.3) is 0 Å². The molecule has 130 valence electrons. The number of ether oxygens (including phenoxy) is 1. The molecule has 0 aliphatic carbocycles. The molecule has 1 aromatic rings. The molecule has 1 fully saturated rings. The van der Waals surface area contributed by atoms with Crippen LogP contribution in [-0.2, 0) is 19.6 Å². The fourth-order valence-electron chi connectivity index (χ4n) is 2.57. The third-order valence-corrected chi connectivity index (χ3v) is 5.66. The molecule has 0 amide bonds. The van der Waals surface area contributed by atoms with Crippen molar-refractivity contribution in [2.75, 3.05) is 19.7 Å². The van der Waals surface area contributed by atoms with E-state index in [1.807, 2.05) is 0 Å². The number of carbonyl (C=O) groups is 1. The van der Waals surface area contributed by atoms with Gasteiger partial charge in [0.1, 0.15) is 4.90 Å². The first-order valence-electron chi connectivity index (χ1n) is 7.28. The summed E-state index contributed by atoms with van der Waals surface area (Å²) in [6, 6.07) is 0. The van der Waals surface area contributed by atoms with Crippen molar-refractivity contribution in [3.63, 3.8) is 0 Å². The van der Waals surface area contributed by atoms with E-state index in [9.17, 15) is 22.0 Å². The lowest BCUT2D eigenvalue weighted by Crippen LogP contribution is -2.42. The van der Waals surface area contributed by atoms with E-state index in [1.165, 1.54) is 6.92 Å². The zero-order valence-electron chi connectivity index (χ0n) is 12.9. The van der Waals surface area contributed by atoms with Gasteiger partial charge < -0.3 is 4.74 Å². The average molecular weight is 351 g/mol. The van der Waals surface area contributed by atoms with E-state index in [4.69, 9.17) is 4.74 Å². The summed E-state index contributed by atoms with van der Waals surface area (Å²) in [5.74, 6) is -0.976. The Kier molecular flexibility index (Phi) is 5.35. The predicted molar refractivity (Wildman–Crippen MR) is 76.3 cm³/mol. The summed E-state index contributed by atoms with van der Waals surface area (Å²) in [4.78, 5) is 11.5. The quantitative estimate of drug-likeness (QED) is 0.752. The minimum absolute atomic E-state index is 0.00329. The van der Waals surface area contributed by atoms with E-state index in [2.05, 4.69) is 5.10 Å². The predicted octanol–water partition coefficient (Wildman–Crippen LogP) is 1.55. The molecular formula is C13H19F2N3O4S. The zero-order chi connectivity index (χ0) is 17.2. The third-order valence-electron chi connectivity index (χ3n) is 3.69. The maximum Gasteiger partial charge on any atom is 0.333 e. The van der Waals surface area contributed by atoms with Crippen molar-refractivity contribution >= 4 is 16.0 Å². The lowest BCUT2D eigenvalue weighted by atomic mass is 10.0. The normalized spacial score (nSPS) is 20.0. The Morgan fingerprint density at radius 1 is 1.52 bits per heavy atom. The number of aromatic nitrogens is 2. The lowest BCUT2D eigenvalue weighted by molar-refractivity contribution is -0.149. The second kappa shape index (κ2) is 6.91. The molecule has 0 N–H and O–H groups in total. The second-order valence-corrected chi connectivity index (χ2v) is 7.20. The summed E-state index contributed by atoms with van der Waals surface area (Å²) in [6.07, 6.45) is 1.87. The van der Waals surface area contributed by atoms with Gasteiger partial charge in [0.15, 0.2) is 0 Å². The van der Waals surface area contributed by atoms with Gasteiger partial charge in [-0.2, -0.15) is 18.2 Å². The van der Waals surface area contributed by atoms with Crippen LogP contribution in [0, 0.1) is 12.8 Å². The molecule has 7 nitrogen and oxygen atoms in total. The molecule has 1 aromatic heterocycles. The topological polar surface area (TPSA) is 81.5 Å². The molecule has 1 aliphatic heterocycles. The maximum atomic E-state index is 12.7. The van der Waals surface area contributed by atoms with Crippen LogP contribution in [0.3, 0.4) is 0 Å². The van der Waals surface area contributed by atoms with Gasteiger partial charge in [-0.25, -0.2) is 13.1 Å². The molecule has 1 saturated heterocycles. The third kappa shape index (κ3) is 3.69. The summed E-state index contributed by atoms with van der Waals surface area (Å²) in [7, 11) is -3.98. The number of alkyl halides is 2. The molecule has 2 heterocycles. The van der Waals surface area contributed by atoms with E-state index in [0.29, 0.717) is 17.5 Å². The molecule has 2 rings (SSSR count). The molecule has 1 atom stereocenters. The van der Waals surface area contributed by atoms with Crippen molar-refractivity contribution < 1.29 is 26.7 Å². The van der Waals surface area contributed by atoms with E-state index in [1.54, 1.807) is 6.92 Å². The van der Waals surface area contributed by atoms with Crippen molar-refractivity contribution in [2.45, 2.75) is 38.1 Å². The molecule has 0 radical (unpaired) electrons. The van der Waals surface area contributed by atoms with Crippen molar-refractivity contribution in [1.29, 1.82) is 0 Å². The van der Waals surface area contributed by atoms with Gasteiger partial charge in [-0.3, -0.25) is 4.79 Å². The van der Waals surface area contributed by atoms with Crippen LogP contribution in [-0.4, -0.2) is 48.2 Å². The van der Waals surface area contributed by atoms with Crippen molar-refractivity contribution in [3.05, 3.63) is 11.9 Å². The van der Waals surface area contributed by atoms with Crippen LogP contribution in [0.1, 0.15) is 32.0 Å². The van der Waals surface area contributed by atoms with Gasteiger partial charge in [0.2, 0.25) is 10.0 Å². The first-order valence-corrected chi connectivity index (χ1v) is 8.72. The first kappa shape index (κ1) is 17.8. The minimum Gasteiger partial charge on any atom is -0.466 e. The molecule has 0 saturated carbocycles. The Bertz CT molecular complexity index is 675. The Labute approximate surface area is 133 Å². The first-order chi connectivity index (χ1) is 10.8. The van der Waals surface area contributed by atoms with Crippen LogP contribution in [0.5, 0.6) is 0 Å². The van der Waals surface area contributed by atoms with Gasteiger partial charge in [0.25, 0.3) is 0 Å². The number of rotatable bonds is 5. The van der Waals surface area contributed by atoms with Crippen molar-refractivity contribution in [3.8, 4) is 0 Å². The van der Waals surface area contributed by atoms with Gasteiger partial charge in [-0.15, -0.1) is 0 Å². The highest BCUT2D eigenvalue weighted by Crippen LogP contribution is 2.27. The number of esters is 1. The second-order valence-electron chi connectivity index (χ2n) is 5.29. The SMILES string of the molecule is CCOC(=O)[C@H]1CCCN(S(=O)(=O)c2cn(C(F)F)nc2C)C1. The number of piperidine rings is 1. The number of sulfonamides is 1. The summed E-state index contributed by atoms with van der Waals surface area (Å²) < 4.78 is 57.0. The van der Waals surface area contributed by atoms with Gasteiger partial charge in [-0.1, -0.05) is 0 Å². The Morgan fingerprint density at radius 2 is 2.22 bits per heavy atom. The highest BCUT2D eigenvalue weighted by molar-refractivity contribution is 7.89. The number of halogens is 2. The largest absolute Gasteiger partial charge is 0.466 e. The average Bonchev–Trinajstić information content (AvgIpc) is 2.90. The molecule has 23 heavy (non-hydrogen) atoms. The number of hydrogen-bond acceptors (Lipinski definition) is 5. The Morgan fingerprint density at radius 3 is 2.78 bits per heavy atom. The van der Waals surface area contributed by atoms with Crippen molar-refractivity contribution in [1.82, 2.24) is 14.1 Å². The Hall–Kier alpha value is -1.55.